The molecule has 21 heavy (non-hydrogen) atoms. The van der Waals surface area contributed by atoms with E-state index in [1.807, 2.05) is 48.5 Å². The monoisotopic (exact) mass is 318 g/mol. The van der Waals surface area contributed by atoms with Crippen LogP contribution in [0.1, 0.15) is 12.0 Å². The fourth-order valence-corrected chi connectivity index (χ4v) is 2.65. The van der Waals surface area contributed by atoms with E-state index in [-0.39, 0.29) is 5.91 Å². The molecule has 108 valence electrons. The smallest absolute Gasteiger partial charge is 0.240 e. The molecule has 0 heterocycles. The Labute approximate surface area is 133 Å². The van der Waals surface area contributed by atoms with Crippen LogP contribution in [0.5, 0.6) is 0 Å². The average molecular weight is 319 g/mol. The van der Waals surface area contributed by atoms with Gasteiger partial charge in [-0.2, -0.15) is 5.10 Å². The van der Waals surface area contributed by atoms with Gasteiger partial charge in [0.1, 0.15) is 0 Å². The molecule has 0 atom stereocenters. The predicted octanol–water partition coefficient (Wildman–Crippen LogP) is 3.97. The molecular formula is C16H15ClN2OS. The van der Waals surface area contributed by atoms with E-state index in [4.69, 9.17) is 11.6 Å². The second kappa shape index (κ2) is 8.49. The van der Waals surface area contributed by atoms with E-state index in [2.05, 4.69) is 10.5 Å². The summed E-state index contributed by atoms with van der Waals surface area (Å²) >= 11 is 7.63. The van der Waals surface area contributed by atoms with Crippen molar-refractivity contribution in [2.24, 2.45) is 5.10 Å². The topological polar surface area (TPSA) is 41.5 Å². The third-order valence-electron chi connectivity index (χ3n) is 2.64. The van der Waals surface area contributed by atoms with E-state index in [1.165, 1.54) is 0 Å². The van der Waals surface area contributed by atoms with Crippen LogP contribution in [0.4, 0.5) is 0 Å². The Balaban J connectivity index is 1.71. The summed E-state index contributed by atoms with van der Waals surface area (Å²) in [7, 11) is 0. The minimum absolute atomic E-state index is 0.110. The highest BCUT2D eigenvalue weighted by Gasteiger charge is 2.00. The van der Waals surface area contributed by atoms with Crippen molar-refractivity contribution in [3.8, 4) is 0 Å². The normalized spacial score (nSPS) is 10.7. The van der Waals surface area contributed by atoms with Crippen LogP contribution < -0.4 is 5.43 Å². The fraction of sp³-hybridized carbons (Fsp3) is 0.125. The number of carbonyl (C=O) groups excluding carboxylic acids is 1. The summed E-state index contributed by atoms with van der Waals surface area (Å²) in [6.07, 6.45) is 1.96. The SMILES string of the molecule is O=C(CCSc1ccccc1)NN=Cc1ccccc1Cl. The van der Waals surface area contributed by atoms with E-state index in [9.17, 15) is 4.79 Å². The number of hydrogen-bond acceptors (Lipinski definition) is 3. The molecule has 0 aliphatic rings. The number of carbonyl (C=O) groups is 1. The van der Waals surface area contributed by atoms with Gasteiger partial charge in [0.15, 0.2) is 0 Å². The summed E-state index contributed by atoms with van der Waals surface area (Å²) < 4.78 is 0. The van der Waals surface area contributed by atoms with Crippen LogP contribution in [0.15, 0.2) is 64.6 Å². The number of nitrogens with one attached hydrogen (secondary N) is 1. The largest absolute Gasteiger partial charge is 0.273 e. The molecule has 0 saturated carbocycles. The van der Waals surface area contributed by atoms with Crippen LogP contribution >= 0.6 is 23.4 Å². The highest BCUT2D eigenvalue weighted by molar-refractivity contribution is 7.99. The Hall–Kier alpha value is -1.78. The Morgan fingerprint density at radius 3 is 2.62 bits per heavy atom. The first kappa shape index (κ1) is 15.6. The van der Waals surface area contributed by atoms with Crippen LogP contribution in [0.2, 0.25) is 5.02 Å². The molecule has 0 fully saturated rings. The van der Waals surface area contributed by atoms with E-state index in [0.717, 1.165) is 16.2 Å². The number of nitrogens with zero attached hydrogens (tertiary/aromatic N) is 1. The standard InChI is InChI=1S/C16H15ClN2OS/c17-15-9-5-4-6-13(15)12-18-19-16(20)10-11-21-14-7-2-1-3-8-14/h1-9,12H,10-11H2,(H,19,20). The van der Waals surface area contributed by atoms with E-state index in [0.29, 0.717) is 11.4 Å². The molecule has 0 bridgehead atoms. The molecule has 2 aromatic carbocycles. The van der Waals surface area contributed by atoms with Gasteiger partial charge >= 0.3 is 0 Å². The van der Waals surface area contributed by atoms with Gasteiger partial charge in [-0.1, -0.05) is 48.0 Å². The van der Waals surface area contributed by atoms with Crippen molar-refractivity contribution in [2.75, 3.05) is 5.75 Å². The Morgan fingerprint density at radius 1 is 1.14 bits per heavy atom. The van der Waals surface area contributed by atoms with Crippen LogP contribution in [0.25, 0.3) is 0 Å². The van der Waals surface area contributed by atoms with Crippen LogP contribution in [-0.4, -0.2) is 17.9 Å². The molecule has 3 nitrogen and oxygen atoms in total. The lowest BCUT2D eigenvalue weighted by molar-refractivity contribution is -0.120. The van der Waals surface area contributed by atoms with Crippen molar-refractivity contribution in [1.82, 2.24) is 5.43 Å². The highest BCUT2D eigenvalue weighted by Crippen LogP contribution is 2.17. The van der Waals surface area contributed by atoms with Crippen molar-refractivity contribution >= 4 is 35.5 Å². The first-order valence-corrected chi connectivity index (χ1v) is 7.86. The second-order valence-electron chi connectivity index (χ2n) is 4.23. The average Bonchev–Trinajstić information content (AvgIpc) is 2.50. The number of halogens is 1. The molecule has 5 heteroatoms. The molecule has 2 aromatic rings. The quantitative estimate of drug-likeness (QED) is 0.497. The van der Waals surface area contributed by atoms with Crippen LogP contribution in [-0.2, 0) is 4.79 Å². The van der Waals surface area contributed by atoms with Crippen LogP contribution in [0, 0.1) is 0 Å². The van der Waals surface area contributed by atoms with Crippen molar-refractivity contribution in [3.05, 3.63) is 65.2 Å². The third-order valence-corrected chi connectivity index (χ3v) is 4.00. The molecule has 0 unspecified atom stereocenters. The van der Waals surface area contributed by atoms with E-state index < -0.39 is 0 Å². The van der Waals surface area contributed by atoms with Crippen molar-refractivity contribution in [2.45, 2.75) is 11.3 Å². The zero-order valence-electron chi connectivity index (χ0n) is 11.3. The van der Waals surface area contributed by atoms with E-state index in [1.54, 1.807) is 24.0 Å². The highest BCUT2D eigenvalue weighted by atomic mass is 35.5. The number of thioether (sulfide) groups is 1. The zero-order chi connectivity index (χ0) is 14.9. The molecule has 0 aliphatic heterocycles. The minimum Gasteiger partial charge on any atom is -0.273 e. The summed E-state index contributed by atoms with van der Waals surface area (Å²) in [6, 6.07) is 17.3. The zero-order valence-corrected chi connectivity index (χ0v) is 12.9. The number of amides is 1. The molecular weight excluding hydrogens is 304 g/mol. The molecule has 0 radical (unpaired) electrons. The van der Waals surface area contributed by atoms with Gasteiger partial charge in [0.2, 0.25) is 5.91 Å². The number of rotatable bonds is 6. The molecule has 0 aromatic heterocycles. The van der Waals surface area contributed by atoms with Crippen LogP contribution in [0.3, 0.4) is 0 Å². The van der Waals surface area contributed by atoms with Gasteiger partial charge in [-0.3, -0.25) is 4.79 Å². The predicted molar refractivity (Wildman–Crippen MR) is 89.0 cm³/mol. The van der Waals surface area contributed by atoms with Gasteiger partial charge in [0.25, 0.3) is 0 Å². The third kappa shape index (κ3) is 5.61. The maximum Gasteiger partial charge on any atom is 0.240 e. The summed E-state index contributed by atoms with van der Waals surface area (Å²) in [5.41, 5.74) is 3.28. The van der Waals surface area contributed by atoms with Gasteiger partial charge in [0, 0.05) is 27.7 Å². The molecule has 0 aliphatic carbocycles. The van der Waals surface area contributed by atoms with Gasteiger partial charge in [-0.25, -0.2) is 5.43 Å². The Morgan fingerprint density at radius 2 is 1.86 bits per heavy atom. The second-order valence-corrected chi connectivity index (χ2v) is 5.80. The first-order valence-electron chi connectivity index (χ1n) is 6.50. The molecule has 0 saturated heterocycles. The Kier molecular flexibility index (Phi) is 6.31. The molecule has 0 spiro atoms. The number of hydrazone groups is 1. The van der Waals surface area contributed by atoms with Crippen molar-refractivity contribution in [1.29, 1.82) is 0 Å². The molecule has 1 N–H and O–H groups in total. The lowest BCUT2D eigenvalue weighted by atomic mass is 10.2. The summed E-state index contributed by atoms with van der Waals surface area (Å²) in [6.45, 7) is 0. The van der Waals surface area contributed by atoms with E-state index >= 15 is 0 Å². The molecule has 2 rings (SSSR count). The number of hydrogen-bond donors (Lipinski definition) is 1. The minimum atomic E-state index is -0.110. The Bertz CT molecular complexity index is 617. The lowest BCUT2D eigenvalue weighted by Crippen LogP contribution is -2.17. The van der Waals surface area contributed by atoms with Crippen molar-refractivity contribution < 1.29 is 4.79 Å². The fourth-order valence-electron chi connectivity index (χ4n) is 1.59. The first-order chi connectivity index (χ1) is 10.3. The summed E-state index contributed by atoms with van der Waals surface area (Å²) in [5.74, 6) is 0.610. The van der Waals surface area contributed by atoms with Gasteiger partial charge in [-0.15, -0.1) is 11.8 Å². The lowest BCUT2D eigenvalue weighted by Gasteiger charge is -2.01. The van der Waals surface area contributed by atoms with Crippen molar-refractivity contribution in [3.63, 3.8) is 0 Å². The van der Waals surface area contributed by atoms with Gasteiger partial charge in [0.05, 0.1) is 6.21 Å². The number of benzene rings is 2. The maximum atomic E-state index is 11.6. The molecule has 1 amide bonds. The summed E-state index contributed by atoms with van der Waals surface area (Å²) in [4.78, 5) is 12.8. The van der Waals surface area contributed by atoms with Gasteiger partial charge in [-0.05, 0) is 18.2 Å². The maximum absolute atomic E-state index is 11.6. The summed E-state index contributed by atoms with van der Waals surface area (Å²) in [5, 5.41) is 4.52. The van der Waals surface area contributed by atoms with Gasteiger partial charge < -0.3 is 0 Å².